The van der Waals surface area contributed by atoms with Crippen molar-refractivity contribution < 1.29 is 13.6 Å². The van der Waals surface area contributed by atoms with Crippen LogP contribution in [-0.2, 0) is 6.42 Å². The Morgan fingerprint density at radius 2 is 1.85 bits per heavy atom. The number of benzene rings is 2. The van der Waals surface area contributed by atoms with Crippen LogP contribution in [0.15, 0.2) is 30.3 Å². The second-order valence-electron chi connectivity index (χ2n) is 6.85. The Labute approximate surface area is 160 Å². The zero-order chi connectivity index (χ0) is 20.0. The molecule has 27 heavy (non-hydrogen) atoms. The molecule has 1 amide bonds. The zero-order valence-corrected chi connectivity index (χ0v) is 16.5. The summed E-state index contributed by atoms with van der Waals surface area (Å²) in [5, 5.41) is 5.29. The van der Waals surface area contributed by atoms with Crippen LogP contribution >= 0.6 is 0 Å². The van der Waals surface area contributed by atoms with E-state index in [-0.39, 0.29) is 11.3 Å². The number of nitrogens with one attached hydrogen (secondary N) is 2. The summed E-state index contributed by atoms with van der Waals surface area (Å²) < 4.78 is 27.7. The van der Waals surface area contributed by atoms with Crippen LogP contribution in [0.3, 0.4) is 0 Å². The predicted octanol–water partition coefficient (Wildman–Crippen LogP) is 5.75. The lowest BCUT2D eigenvalue weighted by molar-refractivity contribution is 0.0963. The molecule has 3 nitrogen and oxygen atoms in total. The molecular formula is C22H28F2N2O. The minimum absolute atomic E-state index is 0.0593. The van der Waals surface area contributed by atoms with Crippen molar-refractivity contribution in [3.05, 3.63) is 58.7 Å². The summed E-state index contributed by atoms with van der Waals surface area (Å²) in [6, 6.07) is 7.85. The van der Waals surface area contributed by atoms with Crippen LogP contribution < -0.4 is 10.6 Å². The number of hydrogen-bond donors (Lipinski definition) is 2. The number of anilines is 2. The van der Waals surface area contributed by atoms with Gasteiger partial charge in [0.1, 0.15) is 0 Å². The Morgan fingerprint density at radius 1 is 1.15 bits per heavy atom. The quantitative estimate of drug-likeness (QED) is 0.700. The first-order chi connectivity index (χ1) is 12.9. The van der Waals surface area contributed by atoms with Crippen molar-refractivity contribution >= 4 is 17.3 Å². The van der Waals surface area contributed by atoms with Crippen LogP contribution in [0.1, 0.15) is 54.6 Å². The third-order valence-corrected chi connectivity index (χ3v) is 4.74. The summed E-state index contributed by atoms with van der Waals surface area (Å²) in [6.45, 7) is 6.20. The van der Waals surface area contributed by atoms with Crippen molar-refractivity contribution in [2.75, 3.05) is 12.4 Å². The highest BCUT2D eigenvalue weighted by Crippen LogP contribution is 2.31. The van der Waals surface area contributed by atoms with Gasteiger partial charge in [0.2, 0.25) is 0 Å². The van der Waals surface area contributed by atoms with Crippen LogP contribution in [0.5, 0.6) is 0 Å². The van der Waals surface area contributed by atoms with Gasteiger partial charge in [-0.05, 0) is 43.0 Å². The third kappa shape index (κ3) is 5.52. The first-order valence-corrected chi connectivity index (χ1v) is 9.47. The summed E-state index contributed by atoms with van der Waals surface area (Å²) in [4.78, 5) is 11.9. The highest BCUT2D eigenvalue weighted by Gasteiger charge is 2.19. The van der Waals surface area contributed by atoms with Gasteiger partial charge in [-0.25, -0.2) is 8.78 Å². The number of carbonyl (C=O) groups excluding carboxylic acids is 1. The van der Waals surface area contributed by atoms with Gasteiger partial charge < -0.3 is 10.6 Å². The summed E-state index contributed by atoms with van der Waals surface area (Å²) in [7, 11) is 1.44. The number of amides is 1. The number of rotatable bonds is 5. The molecule has 0 saturated heterocycles. The fourth-order valence-electron chi connectivity index (χ4n) is 2.79. The van der Waals surface area contributed by atoms with Crippen molar-refractivity contribution in [1.29, 1.82) is 0 Å². The average Bonchev–Trinajstić information content (AvgIpc) is 3.51. The van der Waals surface area contributed by atoms with Gasteiger partial charge in [0.25, 0.3) is 5.91 Å². The van der Waals surface area contributed by atoms with E-state index < -0.39 is 17.5 Å². The fourth-order valence-corrected chi connectivity index (χ4v) is 2.79. The zero-order valence-electron chi connectivity index (χ0n) is 16.5. The highest BCUT2D eigenvalue weighted by atomic mass is 19.2. The van der Waals surface area contributed by atoms with Crippen molar-refractivity contribution in [2.24, 2.45) is 5.92 Å². The Balaban J connectivity index is 0.000000451. The van der Waals surface area contributed by atoms with E-state index in [1.165, 1.54) is 32.4 Å². The lowest BCUT2D eigenvalue weighted by atomic mass is 10.1. The molecule has 0 spiro atoms. The Bertz CT molecular complexity index is 801. The summed E-state index contributed by atoms with van der Waals surface area (Å²) in [5.41, 5.74) is 2.60. The van der Waals surface area contributed by atoms with Crippen molar-refractivity contribution in [3.63, 3.8) is 0 Å². The van der Waals surface area contributed by atoms with E-state index in [2.05, 4.69) is 17.6 Å². The molecule has 2 aromatic rings. The van der Waals surface area contributed by atoms with E-state index in [4.69, 9.17) is 0 Å². The SMILES string of the molecule is CCC1CC1.CCc1cc(C)ccc1Nc1c(C(=O)NC)ccc(F)c1F. The minimum Gasteiger partial charge on any atom is -0.355 e. The van der Waals surface area contributed by atoms with E-state index in [9.17, 15) is 13.6 Å². The van der Waals surface area contributed by atoms with Crippen LogP contribution in [-0.4, -0.2) is 13.0 Å². The molecule has 0 aromatic heterocycles. The second-order valence-corrected chi connectivity index (χ2v) is 6.85. The van der Waals surface area contributed by atoms with Crippen molar-refractivity contribution in [3.8, 4) is 0 Å². The van der Waals surface area contributed by atoms with Gasteiger partial charge >= 0.3 is 0 Å². The molecule has 1 aliphatic carbocycles. The van der Waals surface area contributed by atoms with Crippen molar-refractivity contribution in [1.82, 2.24) is 5.32 Å². The molecule has 2 aromatic carbocycles. The molecule has 5 heteroatoms. The van der Waals surface area contributed by atoms with Gasteiger partial charge in [-0.1, -0.05) is 50.8 Å². The van der Waals surface area contributed by atoms with E-state index in [0.717, 1.165) is 29.5 Å². The lowest BCUT2D eigenvalue weighted by Gasteiger charge is -2.16. The van der Waals surface area contributed by atoms with E-state index in [0.29, 0.717) is 5.69 Å². The predicted molar refractivity (Wildman–Crippen MR) is 107 cm³/mol. The minimum atomic E-state index is -1.07. The largest absolute Gasteiger partial charge is 0.355 e. The molecule has 0 heterocycles. The standard InChI is InChI=1S/C17H18F2N2O.C5H10/c1-4-11-9-10(2)5-8-14(11)21-16-12(17(22)20-3)6-7-13(18)15(16)19;1-2-5-3-4-5/h5-9,21H,4H2,1-3H3,(H,20,22);5H,2-4H2,1H3. The smallest absolute Gasteiger partial charge is 0.253 e. The van der Waals surface area contributed by atoms with E-state index >= 15 is 0 Å². The van der Waals surface area contributed by atoms with Gasteiger partial charge in [0, 0.05) is 12.7 Å². The third-order valence-electron chi connectivity index (χ3n) is 4.74. The molecule has 0 aliphatic heterocycles. The Kier molecular flexibility index (Phi) is 7.34. The van der Waals surface area contributed by atoms with Gasteiger partial charge in [0.05, 0.1) is 11.3 Å². The molecule has 0 bridgehead atoms. The monoisotopic (exact) mass is 374 g/mol. The number of halogens is 2. The molecule has 1 aliphatic rings. The topological polar surface area (TPSA) is 41.1 Å². The highest BCUT2D eigenvalue weighted by molar-refractivity contribution is 6.00. The maximum Gasteiger partial charge on any atom is 0.253 e. The molecule has 2 N–H and O–H groups in total. The van der Waals surface area contributed by atoms with E-state index in [1.807, 2.05) is 26.0 Å². The lowest BCUT2D eigenvalue weighted by Crippen LogP contribution is -2.20. The molecule has 1 saturated carbocycles. The number of hydrogen-bond acceptors (Lipinski definition) is 2. The molecule has 1 fully saturated rings. The maximum absolute atomic E-state index is 14.1. The van der Waals surface area contributed by atoms with Crippen LogP contribution in [0.4, 0.5) is 20.2 Å². The van der Waals surface area contributed by atoms with Gasteiger partial charge in [-0.15, -0.1) is 0 Å². The molecule has 0 unspecified atom stereocenters. The molecular weight excluding hydrogens is 346 g/mol. The molecule has 0 radical (unpaired) electrons. The number of aryl methyl sites for hydroxylation is 2. The first-order valence-electron chi connectivity index (χ1n) is 9.47. The van der Waals surface area contributed by atoms with Gasteiger partial charge in [-0.2, -0.15) is 0 Å². The van der Waals surface area contributed by atoms with Crippen LogP contribution in [0, 0.1) is 24.5 Å². The van der Waals surface area contributed by atoms with Crippen LogP contribution in [0.25, 0.3) is 0 Å². The summed E-state index contributed by atoms with van der Waals surface area (Å²) in [5.74, 6) is -1.41. The van der Waals surface area contributed by atoms with Crippen LogP contribution in [0.2, 0.25) is 0 Å². The number of carbonyl (C=O) groups is 1. The van der Waals surface area contributed by atoms with E-state index in [1.54, 1.807) is 6.07 Å². The van der Waals surface area contributed by atoms with Gasteiger partial charge in [0.15, 0.2) is 11.6 Å². The normalized spacial score (nSPS) is 12.8. The Morgan fingerprint density at radius 3 is 2.37 bits per heavy atom. The first kappa shape index (κ1) is 20.9. The second kappa shape index (κ2) is 9.49. The summed E-state index contributed by atoms with van der Waals surface area (Å²) in [6.07, 6.45) is 5.17. The Hall–Kier alpha value is -2.43. The fraction of sp³-hybridized carbons (Fsp3) is 0.409. The molecule has 3 rings (SSSR count). The molecule has 146 valence electrons. The van der Waals surface area contributed by atoms with Crippen molar-refractivity contribution in [2.45, 2.75) is 46.5 Å². The average molecular weight is 374 g/mol. The molecule has 0 atom stereocenters. The summed E-state index contributed by atoms with van der Waals surface area (Å²) >= 11 is 0. The maximum atomic E-state index is 14.1. The van der Waals surface area contributed by atoms with Gasteiger partial charge in [-0.3, -0.25) is 4.79 Å².